The smallest absolute Gasteiger partial charge is 0.282 e. The first-order chi connectivity index (χ1) is 14.3. The third-order valence-corrected chi connectivity index (χ3v) is 6.50. The largest absolute Gasteiger partial charge is 0.364 e. The number of carbonyl (C=O) groups is 2. The minimum atomic E-state index is -0.294. The van der Waals surface area contributed by atoms with Crippen molar-refractivity contribution in [2.45, 2.75) is 20.8 Å². The lowest BCUT2D eigenvalue weighted by Crippen LogP contribution is -2.46. The fourth-order valence-electron chi connectivity index (χ4n) is 3.95. The van der Waals surface area contributed by atoms with Crippen molar-refractivity contribution in [2.24, 2.45) is 0 Å². The Kier molecular flexibility index (Phi) is 5.43. The number of rotatable bonds is 3. The molecular formula is C24H26ClN3O2. The molecule has 5 nitrogen and oxygen atoms in total. The van der Waals surface area contributed by atoms with Crippen LogP contribution in [0.4, 0.5) is 5.69 Å². The minimum Gasteiger partial charge on any atom is -0.364 e. The summed E-state index contributed by atoms with van der Waals surface area (Å²) < 4.78 is 0. The maximum atomic E-state index is 13.6. The molecule has 30 heavy (non-hydrogen) atoms. The molecule has 0 unspecified atom stereocenters. The molecule has 2 aliphatic heterocycles. The van der Waals surface area contributed by atoms with Crippen molar-refractivity contribution < 1.29 is 9.59 Å². The zero-order chi connectivity index (χ0) is 21.6. The lowest BCUT2D eigenvalue weighted by Gasteiger charge is -2.34. The number of aryl methyl sites for hydroxylation is 3. The number of halogens is 1. The number of carbonyl (C=O) groups excluding carboxylic acids is 2. The Labute approximate surface area is 182 Å². The van der Waals surface area contributed by atoms with Crippen LogP contribution in [0.15, 0.2) is 42.1 Å². The van der Waals surface area contributed by atoms with Crippen LogP contribution in [0, 0.1) is 20.8 Å². The molecule has 2 amide bonds. The Balaban J connectivity index is 1.83. The van der Waals surface area contributed by atoms with Crippen LogP contribution in [0.25, 0.3) is 5.57 Å². The van der Waals surface area contributed by atoms with Crippen molar-refractivity contribution in [1.29, 1.82) is 0 Å². The van der Waals surface area contributed by atoms with Crippen LogP contribution in [0.2, 0.25) is 5.02 Å². The van der Waals surface area contributed by atoms with E-state index in [1.165, 1.54) is 4.90 Å². The Bertz CT molecular complexity index is 1070. The van der Waals surface area contributed by atoms with E-state index in [-0.39, 0.29) is 11.8 Å². The van der Waals surface area contributed by atoms with E-state index in [1.54, 1.807) is 12.1 Å². The summed E-state index contributed by atoms with van der Waals surface area (Å²) in [6.45, 7) is 9.07. The zero-order valence-electron chi connectivity index (χ0n) is 17.8. The van der Waals surface area contributed by atoms with Crippen LogP contribution in [0.1, 0.15) is 22.3 Å². The molecule has 0 bridgehead atoms. The van der Waals surface area contributed by atoms with Gasteiger partial charge in [-0.25, -0.2) is 4.90 Å². The average Bonchev–Trinajstić information content (AvgIpc) is 2.97. The van der Waals surface area contributed by atoms with Gasteiger partial charge in [0.05, 0.1) is 11.3 Å². The van der Waals surface area contributed by atoms with Crippen LogP contribution >= 0.6 is 11.6 Å². The predicted molar refractivity (Wildman–Crippen MR) is 121 cm³/mol. The Hall–Kier alpha value is -2.63. The molecule has 6 heteroatoms. The number of imide groups is 1. The fourth-order valence-corrected chi connectivity index (χ4v) is 4.13. The summed E-state index contributed by atoms with van der Waals surface area (Å²) in [6.07, 6.45) is 0. The molecule has 1 fully saturated rings. The second kappa shape index (κ2) is 7.89. The van der Waals surface area contributed by atoms with E-state index in [2.05, 4.69) is 16.8 Å². The van der Waals surface area contributed by atoms with Gasteiger partial charge in [0.1, 0.15) is 5.70 Å². The Morgan fingerprint density at radius 1 is 0.800 bits per heavy atom. The number of benzene rings is 2. The van der Waals surface area contributed by atoms with Gasteiger partial charge in [0, 0.05) is 31.2 Å². The lowest BCUT2D eigenvalue weighted by molar-refractivity contribution is -0.120. The SMILES string of the molecule is Cc1ccc(C2=C(N3CCN(C)CC3)C(=O)N(c3ccc(C)c(Cl)c3)C2=O)cc1C. The summed E-state index contributed by atoms with van der Waals surface area (Å²) in [4.78, 5) is 32.7. The maximum Gasteiger partial charge on any atom is 0.282 e. The van der Waals surface area contributed by atoms with Gasteiger partial charge in [-0.15, -0.1) is 0 Å². The first kappa shape index (κ1) is 20.6. The standard InChI is InChI=1S/C24H26ClN3O2/c1-15-5-7-18(13-17(15)3)21-22(27-11-9-26(4)10-12-27)24(30)28(23(21)29)19-8-6-16(2)20(25)14-19/h5-8,13-14H,9-12H2,1-4H3. The first-order valence-corrected chi connectivity index (χ1v) is 10.6. The van der Waals surface area contributed by atoms with Crippen LogP contribution in [0.5, 0.6) is 0 Å². The van der Waals surface area contributed by atoms with Crippen molar-refractivity contribution in [3.05, 3.63) is 69.4 Å². The zero-order valence-corrected chi connectivity index (χ0v) is 18.6. The molecule has 2 aromatic rings. The van der Waals surface area contributed by atoms with E-state index in [4.69, 9.17) is 11.6 Å². The third-order valence-electron chi connectivity index (χ3n) is 6.09. The van der Waals surface area contributed by atoms with Gasteiger partial charge in [-0.05, 0) is 62.2 Å². The van der Waals surface area contributed by atoms with Gasteiger partial charge in [0.25, 0.3) is 11.8 Å². The van der Waals surface area contributed by atoms with Gasteiger partial charge >= 0.3 is 0 Å². The molecule has 156 valence electrons. The van der Waals surface area contributed by atoms with Crippen LogP contribution in [-0.2, 0) is 9.59 Å². The number of piperazine rings is 1. The minimum absolute atomic E-state index is 0.280. The number of nitrogens with zero attached hydrogens (tertiary/aromatic N) is 3. The van der Waals surface area contributed by atoms with Crippen molar-refractivity contribution in [3.63, 3.8) is 0 Å². The summed E-state index contributed by atoms with van der Waals surface area (Å²) in [6, 6.07) is 11.2. The summed E-state index contributed by atoms with van der Waals surface area (Å²) >= 11 is 6.30. The highest BCUT2D eigenvalue weighted by Gasteiger charge is 2.43. The van der Waals surface area contributed by atoms with E-state index in [0.29, 0.717) is 35.1 Å². The van der Waals surface area contributed by atoms with Gasteiger partial charge in [0.15, 0.2) is 0 Å². The molecule has 0 spiro atoms. The van der Waals surface area contributed by atoms with Crippen molar-refractivity contribution >= 4 is 34.7 Å². The fraction of sp³-hybridized carbons (Fsp3) is 0.333. The number of likely N-dealkylation sites (N-methyl/N-ethyl adjacent to an activating group) is 1. The number of hydrogen-bond acceptors (Lipinski definition) is 4. The van der Waals surface area contributed by atoms with Crippen LogP contribution < -0.4 is 4.90 Å². The molecule has 0 radical (unpaired) electrons. The highest BCUT2D eigenvalue weighted by atomic mass is 35.5. The molecule has 0 aliphatic carbocycles. The molecule has 0 atom stereocenters. The molecular weight excluding hydrogens is 398 g/mol. The van der Waals surface area contributed by atoms with E-state index in [9.17, 15) is 9.59 Å². The Morgan fingerprint density at radius 2 is 1.47 bits per heavy atom. The van der Waals surface area contributed by atoms with Crippen molar-refractivity contribution in [2.75, 3.05) is 38.1 Å². The summed E-state index contributed by atoms with van der Waals surface area (Å²) in [5.74, 6) is -0.574. The second-order valence-electron chi connectivity index (χ2n) is 8.19. The van der Waals surface area contributed by atoms with Crippen LogP contribution in [-0.4, -0.2) is 54.8 Å². The molecule has 0 aromatic heterocycles. The summed E-state index contributed by atoms with van der Waals surface area (Å²) in [5, 5.41) is 0.536. The summed E-state index contributed by atoms with van der Waals surface area (Å²) in [7, 11) is 2.07. The van der Waals surface area contributed by atoms with E-state index >= 15 is 0 Å². The number of anilines is 1. The number of amides is 2. The van der Waals surface area contributed by atoms with E-state index in [1.807, 2.05) is 45.0 Å². The molecule has 2 aromatic carbocycles. The predicted octanol–water partition coefficient (Wildman–Crippen LogP) is 3.80. The molecule has 2 aliphatic rings. The topological polar surface area (TPSA) is 43.9 Å². The highest BCUT2D eigenvalue weighted by molar-refractivity contribution is 6.45. The normalized spacial score (nSPS) is 18.0. The van der Waals surface area contributed by atoms with Gasteiger partial charge in [-0.2, -0.15) is 0 Å². The van der Waals surface area contributed by atoms with Gasteiger partial charge in [-0.1, -0.05) is 35.9 Å². The van der Waals surface area contributed by atoms with E-state index < -0.39 is 0 Å². The van der Waals surface area contributed by atoms with Gasteiger partial charge in [-0.3, -0.25) is 9.59 Å². The lowest BCUT2D eigenvalue weighted by atomic mass is 9.99. The Morgan fingerprint density at radius 3 is 2.10 bits per heavy atom. The molecule has 0 saturated carbocycles. The van der Waals surface area contributed by atoms with Gasteiger partial charge in [0.2, 0.25) is 0 Å². The monoisotopic (exact) mass is 423 g/mol. The number of hydrogen-bond donors (Lipinski definition) is 0. The van der Waals surface area contributed by atoms with Crippen molar-refractivity contribution in [3.8, 4) is 0 Å². The molecule has 2 heterocycles. The van der Waals surface area contributed by atoms with Crippen molar-refractivity contribution in [1.82, 2.24) is 9.80 Å². The molecule has 0 N–H and O–H groups in total. The van der Waals surface area contributed by atoms with E-state index in [0.717, 1.165) is 35.3 Å². The maximum absolute atomic E-state index is 13.6. The quantitative estimate of drug-likeness (QED) is 0.704. The average molecular weight is 424 g/mol. The highest BCUT2D eigenvalue weighted by Crippen LogP contribution is 2.36. The molecule has 4 rings (SSSR count). The van der Waals surface area contributed by atoms with Crippen LogP contribution in [0.3, 0.4) is 0 Å². The summed E-state index contributed by atoms with van der Waals surface area (Å²) in [5.41, 5.74) is 5.41. The molecule has 1 saturated heterocycles. The second-order valence-corrected chi connectivity index (χ2v) is 8.60. The van der Waals surface area contributed by atoms with Gasteiger partial charge < -0.3 is 9.80 Å². The third kappa shape index (κ3) is 3.53. The first-order valence-electron chi connectivity index (χ1n) is 10.2.